The van der Waals surface area contributed by atoms with E-state index in [1.165, 1.54) is 6.07 Å². The lowest BCUT2D eigenvalue weighted by Gasteiger charge is -2.39. The lowest BCUT2D eigenvalue weighted by Crippen LogP contribution is -2.47. The summed E-state index contributed by atoms with van der Waals surface area (Å²) in [5.41, 5.74) is 2.14. The number of thiophene rings is 2. The Morgan fingerprint density at radius 2 is 1.27 bits per heavy atom. The fourth-order valence-corrected chi connectivity index (χ4v) is 9.78. The third kappa shape index (κ3) is 9.37. The van der Waals surface area contributed by atoms with Gasteiger partial charge in [-0.2, -0.15) is 0 Å². The first kappa shape index (κ1) is 36.3. The lowest BCUT2D eigenvalue weighted by atomic mass is 10.2. The first-order valence-corrected chi connectivity index (χ1v) is 21.0. The van der Waals surface area contributed by atoms with Crippen LogP contribution in [0.5, 0.6) is 0 Å². The normalized spacial score (nSPS) is 14.2. The number of nitrogens with zero attached hydrogens (tertiary/aromatic N) is 4. The minimum atomic E-state index is -4.09. The highest BCUT2D eigenvalue weighted by molar-refractivity contribution is 7.90. The van der Waals surface area contributed by atoms with Crippen molar-refractivity contribution in [2.24, 2.45) is 0 Å². The van der Waals surface area contributed by atoms with Crippen LogP contribution in [0.3, 0.4) is 0 Å². The van der Waals surface area contributed by atoms with Crippen LogP contribution in [0.25, 0.3) is 0 Å². The molecule has 0 unspecified atom stereocenters. The molecule has 0 atom stereocenters. The predicted octanol–water partition coefficient (Wildman–Crippen LogP) is 4.57. The summed E-state index contributed by atoms with van der Waals surface area (Å²) < 4.78 is 62.0. The lowest BCUT2D eigenvalue weighted by molar-refractivity contribution is 0.413. The second-order valence-corrected chi connectivity index (χ2v) is 17.5. The highest BCUT2D eigenvalue weighted by Gasteiger charge is 2.31. The van der Waals surface area contributed by atoms with Gasteiger partial charge in [-0.25, -0.2) is 26.3 Å². The molecule has 0 saturated carbocycles. The summed E-state index contributed by atoms with van der Waals surface area (Å²) in [5, 5.41) is 3.93. The Balaban J connectivity index is 1.54. The van der Waals surface area contributed by atoms with Crippen molar-refractivity contribution in [3.05, 3.63) is 87.2 Å². The molecule has 5 rings (SSSR count). The Morgan fingerprint density at radius 3 is 1.79 bits per heavy atom. The molecule has 0 bridgehead atoms. The number of rotatable bonds is 17. The van der Waals surface area contributed by atoms with Crippen molar-refractivity contribution in [3.8, 4) is 0 Å². The zero-order chi connectivity index (χ0) is 34.1. The second kappa shape index (κ2) is 16.6. The van der Waals surface area contributed by atoms with Crippen molar-refractivity contribution >= 4 is 59.8 Å². The first-order chi connectivity index (χ1) is 23.1. The number of para-hydroxylation sites is 1. The molecule has 260 valence electrons. The molecule has 10 nitrogen and oxygen atoms in total. The quantitative estimate of drug-likeness (QED) is 0.163. The number of hydrogen-bond donors (Lipinski definition) is 2. The third-order valence-corrected chi connectivity index (χ3v) is 13.2. The van der Waals surface area contributed by atoms with Crippen LogP contribution in [0.1, 0.15) is 16.7 Å². The van der Waals surface area contributed by atoms with Crippen LogP contribution in [0, 0.1) is 0 Å². The van der Waals surface area contributed by atoms with E-state index in [0.717, 1.165) is 15.4 Å². The van der Waals surface area contributed by atoms with Crippen molar-refractivity contribution in [1.82, 2.24) is 14.3 Å². The summed E-state index contributed by atoms with van der Waals surface area (Å²) in [6.45, 7) is 6.81. The van der Waals surface area contributed by atoms with Gasteiger partial charge in [0.15, 0.2) is 0 Å². The Bertz CT molecular complexity index is 1790. The van der Waals surface area contributed by atoms with Gasteiger partial charge in [-0.05, 0) is 81.0 Å². The van der Waals surface area contributed by atoms with E-state index in [1.807, 2.05) is 79.1 Å². The molecular weight excluding hydrogens is 685 g/mol. The summed E-state index contributed by atoms with van der Waals surface area (Å²) in [4.78, 5) is 10.5. The van der Waals surface area contributed by atoms with E-state index in [1.54, 1.807) is 28.7 Å². The molecule has 2 aromatic carbocycles. The van der Waals surface area contributed by atoms with Crippen molar-refractivity contribution in [1.29, 1.82) is 0 Å². The zero-order valence-electron chi connectivity index (χ0n) is 27.8. The van der Waals surface area contributed by atoms with Gasteiger partial charge in [0.05, 0.1) is 11.4 Å². The summed E-state index contributed by atoms with van der Waals surface area (Å²) in [7, 11) is -4.22. The second-order valence-electron chi connectivity index (χ2n) is 11.9. The van der Waals surface area contributed by atoms with Crippen molar-refractivity contribution < 1.29 is 16.8 Å². The van der Waals surface area contributed by atoms with Crippen molar-refractivity contribution in [3.63, 3.8) is 0 Å². The number of piperazine rings is 1. The molecule has 1 aliphatic rings. The van der Waals surface area contributed by atoms with Gasteiger partial charge in [0.2, 0.25) is 20.0 Å². The molecule has 0 amide bonds. The Hall–Kier alpha value is -2.98. The van der Waals surface area contributed by atoms with Gasteiger partial charge >= 0.3 is 0 Å². The van der Waals surface area contributed by atoms with E-state index in [2.05, 4.69) is 36.3 Å². The third-order valence-electron chi connectivity index (χ3n) is 8.39. The van der Waals surface area contributed by atoms with Gasteiger partial charge in [0.25, 0.3) is 0 Å². The topological polar surface area (TPSA) is 105 Å². The summed E-state index contributed by atoms with van der Waals surface area (Å²) in [6, 6.07) is 21.2. The molecule has 2 N–H and O–H groups in total. The zero-order valence-corrected chi connectivity index (χ0v) is 31.1. The fraction of sp³-hybridized carbons (Fsp3) is 0.412. The van der Waals surface area contributed by atoms with Gasteiger partial charge in [-0.3, -0.25) is 0 Å². The van der Waals surface area contributed by atoms with Crippen molar-refractivity contribution in [2.45, 2.75) is 29.6 Å². The average molecular weight is 731 g/mol. The minimum Gasteiger partial charge on any atom is -0.369 e. The monoisotopic (exact) mass is 730 g/mol. The number of benzene rings is 2. The molecule has 1 aliphatic heterocycles. The fourth-order valence-electron chi connectivity index (χ4n) is 5.76. The molecule has 0 spiro atoms. The Labute approximate surface area is 294 Å². The van der Waals surface area contributed by atoms with Crippen LogP contribution >= 0.6 is 22.7 Å². The van der Waals surface area contributed by atoms with Gasteiger partial charge < -0.3 is 19.6 Å². The summed E-state index contributed by atoms with van der Waals surface area (Å²) in [6.07, 6.45) is 1.09. The van der Waals surface area contributed by atoms with Gasteiger partial charge in [0.1, 0.15) is 9.79 Å². The molecule has 3 heterocycles. The van der Waals surface area contributed by atoms with Crippen molar-refractivity contribution in [2.75, 3.05) is 87.7 Å². The molecule has 1 saturated heterocycles. The minimum absolute atomic E-state index is 0.0205. The SMILES string of the molecule is CCN(CCN(C)C)c1cc(N2CCN(c3ccccc3)CC2)c(S(=O)(=O)NCCc2cccs2)cc1S(=O)(=O)NCCc1cccs1. The van der Waals surface area contributed by atoms with E-state index in [0.29, 0.717) is 70.0 Å². The molecule has 1 fully saturated rings. The molecule has 14 heteroatoms. The number of likely N-dealkylation sites (N-methyl/N-ethyl adjacent to an activating group) is 2. The molecular formula is C34H46N6O4S4. The van der Waals surface area contributed by atoms with E-state index >= 15 is 0 Å². The number of nitrogens with one attached hydrogen (secondary N) is 2. The maximum atomic E-state index is 14.1. The summed E-state index contributed by atoms with van der Waals surface area (Å²) >= 11 is 3.15. The van der Waals surface area contributed by atoms with Crippen LogP contribution in [0.2, 0.25) is 0 Å². The van der Waals surface area contributed by atoms with E-state index < -0.39 is 20.0 Å². The summed E-state index contributed by atoms with van der Waals surface area (Å²) in [5.74, 6) is 0. The van der Waals surface area contributed by atoms with E-state index in [4.69, 9.17) is 0 Å². The highest BCUT2D eigenvalue weighted by Crippen LogP contribution is 2.37. The van der Waals surface area contributed by atoms with Crippen LogP contribution in [0.15, 0.2) is 87.3 Å². The standard InChI is InChI=1S/C34H46N6O4S4/c1-4-38(19-18-37(2)3)31-26-32(40-22-20-39(21-23-40)28-10-6-5-7-11-28)34(48(43,44)36-17-15-30-13-9-25-46-30)27-33(31)47(41,42)35-16-14-29-12-8-24-45-29/h5-13,24-27,35-36H,4,14-23H2,1-3H3. The molecule has 0 radical (unpaired) electrons. The largest absolute Gasteiger partial charge is 0.369 e. The van der Waals surface area contributed by atoms with Gasteiger partial charge in [-0.1, -0.05) is 30.3 Å². The molecule has 4 aromatic rings. The number of hydrogen-bond acceptors (Lipinski definition) is 10. The maximum absolute atomic E-state index is 14.1. The maximum Gasteiger partial charge on any atom is 0.242 e. The Morgan fingerprint density at radius 1 is 0.708 bits per heavy atom. The van der Waals surface area contributed by atoms with Crippen LogP contribution in [-0.4, -0.2) is 94.7 Å². The molecule has 48 heavy (non-hydrogen) atoms. The van der Waals surface area contributed by atoms with Crippen LogP contribution in [-0.2, 0) is 32.9 Å². The Kier molecular flexibility index (Phi) is 12.6. The smallest absolute Gasteiger partial charge is 0.242 e. The predicted molar refractivity (Wildman–Crippen MR) is 200 cm³/mol. The van der Waals surface area contributed by atoms with Crippen LogP contribution in [0.4, 0.5) is 17.1 Å². The molecule has 2 aromatic heterocycles. The van der Waals surface area contributed by atoms with E-state index in [-0.39, 0.29) is 22.9 Å². The van der Waals surface area contributed by atoms with Gasteiger partial charge in [-0.15, -0.1) is 22.7 Å². The average Bonchev–Trinajstić information content (AvgIpc) is 3.80. The number of anilines is 3. The van der Waals surface area contributed by atoms with E-state index in [9.17, 15) is 16.8 Å². The molecule has 0 aliphatic carbocycles. The highest BCUT2D eigenvalue weighted by atomic mass is 32.2. The van der Waals surface area contributed by atoms with Gasteiger partial charge in [0, 0.05) is 74.3 Å². The van der Waals surface area contributed by atoms with Crippen LogP contribution < -0.4 is 24.1 Å². The first-order valence-electron chi connectivity index (χ1n) is 16.2. The number of sulfonamides is 2.